The van der Waals surface area contributed by atoms with Crippen LogP contribution in [0.4, 0.5) is 5.69 Å². The predicted octanol–water partition coefficient (Wildman–Crippen LogP) is 3.19. The Morgan fingerprint density at radius 2 is 1.80 bits per heavy atom. The number of aryl methyl sites for hydroxylation is 1. The molecule has 2 aliphatic heterocycles. The van der Waals surface area contributed by atoms with Gasteiger partial charge in [0.25, 0.3) is 0 Å². The lowest BCUT2D eigenvalue weighted by Crippen LogP contribution is -2.32. The summed E-state index contributed by atoms with van der Waals surface area (Å²) >= 11 is 0. The Bertz CT molecular complexity index is 1060. The average molecular weight is 337 g/mol. The Hall–Kier alpha value is -3.15. The molecule has 0 bridgehead atoms. The van der Waals surface area contributed by atoms with Crippen LogP contribution in [0.15, 0.2) is 45.6 Å². The van der Waals surface area contributed by atoms with Crippen LogP contribution in [-0.4, -0.2) is 13.5 Å². The van der Waals surface area contributed by atoms with Crippen molar-refractivity contribution < 1.29 is 18.6 Å². The molecule has 126 valence electrons. The number of hydrogen-bond acceptors (Lipinski definition) is 6. The molecule has 1 aromatic heterocycles. The molecule has 6 heteroatoms. The van der Waals surface area contributed by atoms with Crippen molar-refractivity contribution in [2.75, 3.05) is 18.4 Å². The molecule has 0 spiro atoms. The van der Waals surface area contributed by atoms with Crippen molar-refractivity contribution in [3.05, 3.63) is 57.9 Å². The second-order valence-corrected chi connectivity index (χ2v) is 6.18. The van der Waals surface area contributed by atoms with Crippen LogP contribution in [0.5, 0.6) is 17.2 Å². The van der Waals surface area contributed by atoms with Gasteiger partial charge in [-0.25, -0.2) is 4.79 Å². The lowest BCUT2D eigenvalue weighted by molar-refractivity contribution is 0.174. The highest BCUT2D eigenvalue weighted by molar-refractivity contribution is 5.85. The van der Waals surface area contributed by atoms with Gasteiger partial charge in [-0.2, -0.15) is 0 Å². The number of rotatable bonds is 1. The van der Waals surface area contributed by atoms with E-state index >= 15 is 0 Å². The van der Waals surface area contributed by atoms with Gasteiger partial charge in [0.1, 0.15) is 11.3 Å². The lowest BCUT2D eigenvalue weighted by atomic mass is 10.0. The van der Waals surface area contributed by atoms with Crippen LogP contribution in [0.25, 0.3) is 11.0 Å². The van der Waals surface area contributed by atoms with Crippen LogP contribution in [0.1, 0.15) is 11.1 Å². The number of nitrogens with zero attached hydrogens (tertiary/aromatic N) is 1. The SMILES string of the molecule is Cc1cc(=O)oc2c3c(ccc12)OCN(c1ccc2c(c1)OCO2)C3. The molecule has 2 aliphatic rings. The summed E-state index contributed by atoms with van der Waals surface area (Å²) in [6, 6.07) is 11.2. The van der Waals surface area contributed by atoms with Crippen molar-refractivity contribution in [1.82, 2.24) is 0 Å². The van der Waals surface area contributed by atoms with Gasteiger partial charge in [-0.3, -0.25) is 0 Å². The molecule has 0 saturated heterocycles. The molecule has 0 unspecified atom stereocenters. The quantitative estimate of drug-likeness (QED) is 0.636. The zero-order valence-electron chi connectivity index (χ0n) is 13.6. The van der Waals surface area contributed by atoms with Gasteiger partial charge in [0.15, 0.2) is 18.2 Å². The maximum atomic E-state index is 11.8. The fourth-order valence-electron chi connectivity index (χ4n) is 3.34. The minimum absolute atomic E-state index is 0.243. The Labute approximate surface area is 143 Å². The van der Waals surface area contributed by atoms with E-state index in [1.165, 1.54) is 6.07 Å². The summed E-state index contributed by atoms with van der Waals surface area (Å²) in [5.41, 5.74) is 2.98. The molecule has 3 aromatic rings. The Kier molecular flexibility index (Phi) is 2.94. The van der Waals surface area contributed by atoms with Gasteiger partial charge in [0.2, 0.25) is 6.79 Å². The highest BCUT2D eigenvalue weighted by atomic mass is 16.7. The molecule has 6 nitrogen and oxygen atoms in total. The van der Waals surface area contributed by atoms with Gasteiger partial charge in [0, 0.05) is 23.2 Å². The van der Waals surface area contributed by atoms with Crippen LogP contribution in [0.2, 0.25) is 0 Å². The van der Waals surface area contributed by atoms with E-state index in [0.717, 1.165) is 39.4 Å². The van der Waals surface area contributed by atoms with Gasteiger partial charge < -0.3 is 23.5 Å². The highest BCUT2D eigenvalue weighted by Crippen LogP contribution is 2.38. The van der Waals surface area contributed by atoms with Crippen molar-refractivity contribution in [3.8, 4) is 17.2 Å². The summed E-state index contributed by atoms with van der Waals surface area (Å²) in [4.78, 5) is 13.9. The maximum Gasteiger partial charge on any atom is 0.336 e. The summed E-state index contributed by atoms with van der Waals surface area (Å²) < 4.78 is 22.2. The number of ether oxygens (including phenoxy) is 3. The van der Waals surface area contributed by atoms with E-state index in [4.69, 9.17) is 18.6 Å². The van der Waals surface area contributed by atoms with Gasteiger partial charge in [-0.1, -0.05) is 0 Å². The molecule has 5 rings (SSSR count). The van der Waals surface area contributed by atoms with Crippen LogP contribution < -0.4 is 24.7 Å². The first kappa shape index (κ1) is 14.2. The third-order valence-corrected chi connectivity index (χ3v) is 4.63. The molecule has 3 heterocycles. The second-order valence-electron chi connectivity index (χ2n) is 6.18. The summed E-state index contributed by atoms with van der Waals surface area (Å²) in [6.45, 7) is 3.14. The van der Waals surface area contributed by atoms with Crippen molar-refractivity contribution in [2.45, 2.75) is 13.5 Å². The molecule has 2 aromatic carbocycles. The van der Waals surface area contributed by atoms with Crippen molar-refractivity contribution >= 4 is 16.7 Å². The third-order valence-electron chi connectivity index (χ3n) is 4.63. The normalized spacial score (nSPS) is 15.2. The maximum absolute atomic E-state index is 11.8. The van der Waals surface area contributed by atoms with Gasteiger partial charge in [0.05, 0.1) is 12.1 Å². The molecule has 0 atom stereocenters. The third kappa shape index (κ3) is 2.21. The van der Waals surface area contributed by atoms with E-state index in [2.05, 4.69) is 4.90 Å². The van der Waals surface area contributed by atoms with E-state index in [1.54, 1.807) is 0 Å². The van der Waals surface area contributed by atoms with Gasteiger partial charge in [-0.15, -0.1) is 0 Å². The largest absolute Gasteiger partial charge is 0.473 e. The predicted molar refractivity (Wildman–Crippen MR) is 91.5 cm³/mol. The molecular formula is C19H15NO5. The molecule has 0 aliphatic carbocycles. The van der Waals surface area contributed by atoms with Crippen molar-refractivity contribution in [2.24, 2.45) is 0 Å². The average Bonchev–Trinajstić information content (AvgIpc) is 3.08. The Morgan fingerprint density at radius 3 is 2.72 bits per heavy atom. The number of anilines is 1. The van der Waals surface area contributed by atoms with Crippen LogP contribution in [0, 0.1) is 6.92 Å². The first-order valence-electron chi connectivity index (χ1n) is 8.03. The Balaban J connectivity index is 1.59. The minimum atomic E-state index is -0.349. The zero-order chi connectivity index (χ0) is 17.0. The molecule has 0 amide bonds. The molecule has 25 heavy (non-hydrogen) atoms. The fraction of sp³-hybridized carbons (Fsp3) is 0.211. The fourth-order valence-corrected chi connectivity index (χ4v) is 3.34. The van der Waals surface area contributed by atoms with Gasteiger partial charge >= 0.3 is 5.63 Å². The Morgan fingerprint density at radius 1 is 0.960 bits per heavy atom. The molecule has 0 N–H and O–H groups in total. The van der Waals surface area contributed by atoms with Gasteiger partial charge in [-0.05, 0) is 36.8 Å². The summed E-state index contributed by atoms with van der Waals surface area (Å²) in [5.74, 6) is 2.22. The van der Waals surface area contributed by atoms with Crippen molar-refractivity contribution in [3.63, 3.8) is 0 Å². The van der Waals surface area contributed by atoms with E-state index in [-0.39, 0.29) is 12.4 Å². The highest BCUT2D eigenvalue weighted by Gasteiger charge is 2.24. The summed E-state index contributed by atoms with van der Waals surface area (Å²) in [5, 5.41) is 0.925. The molecule has 0 radical (unpaired) electrons. The standard InChI is InChI=1S/C19H15NO5/c1-11-6-18(21)25-19-13(11)3-5-15-14(19)8-20(9-22-15)12-2-4-16-17(7-12)24-10-23-16/h2-7H,8-10H2,1H3. The second kappa shape index (κ2) is 5.17. The van der Waals surface area contributed by atoms with Crippen LogP contribution in [0.3, 0.4) is 0 Å². The summed E-state index contributed by atoms with van der Waals surface area (Å²) in [7, 11) is 0. The zero-order valence-corrected chi connectivity index (χ0v) is 13.6. The number of benzene rings is 2. The molecular weight excluding hydrogens is 322 g/mol. The first-order valence-corrected chi connectivity index (χ1v) is 8.03. The van der Waals surface area contributed by atoms with E-state index in [1.807, 2.05) is 37.3 Å². The minimum Gasteiger partial charge on any atom is -0.473 e. The van der Waals surface area contributed by atoms with E-state index in [9.17, 15) is 4.79 Å². The molecule has 0 saturated carbocycles. The van der Waals surface area contributed by atoms with Crippen LogP contribution >= 0.6 is 0 Å². The van der Waals surface area contributed by atoms with Crippen molar-refractivity contribution in [1.29, 1.82) is 0 Å². The monoisotopic (exact) mass is 337 g/mol. The number of fused-ring (bicyclic) bond motifs is 4. The first-order chi connectivity index (χ1) is 12.2. The van der Waals surface area contributed by atoms with Crippen LogP contribution in [-0.2, 0) is 6.54 Å². The molecule has 0 fully saturated rings. The summed E-state index contributed by atoms with van der Waals surface area (Å²) in [6.07, 6.45) is 0. The number of hydrogen-bond donors (Lipinski definition) is 0. The van der Waals surface area contributed by atoms with E-state index < -0.39 is 0 Å². The van der Waals surface area contributed by atoms with E-state index in [0.29, 0.717) is 18.9 Å². The lowest BCUT2D eigenvalue weighted by Gasteiger charge is -2.31. The smallest absolute Gasteiger partial charge is 0.336 e. The topological polar surface area (TPSA) is 61.1 Å².